The lowest BCUT2D eigenvalue weighted by Crippen LogP contribution is -2.19. The maximum atomic E-state index is 4.93. The number of hydrogen-bond donors (Lipinski definition) is 1. The lowest BCUT2D eigenvalue weighted by Gasteiger charge is -2.00. The predicted octanol–water partition coefficient (Wildman–Crippen LogP) is 2.39. The van der Waals surface area contributed by atoms with E-state index in [4.69, 9.17) is 4.74 Å². The van der Waals surface area contributed by atoms with Crippen molar-refractivity contribution in [1.29, 1.82) is 0 Å². The van der Waals surface area contributed by atoms with Crippen LogP contribution in [0.1, 0.15) is 11.3 Å². The SMILES string of the molecule is COCCNCCC=Cc1cccs1. The Morgan fingerprint density at radius 2 is 2.43 bits per heavy atom. The Kier molecular flexibility index (Phi) is 6.32. The second-order valence-electron chi connectivity index (χ2n) is 2.95. The van der Waals surface area contributed by atoms with E-state index in [0.29, 0.717) is 0 Å². The van der Waals surface area contributed by atoms with E-state index in [1.807, 2.05) is 0 Å². The summed E-state index contributed by atoms with van der Waals surface area (Å²) in [5, 5.41) is 5.39. The molecule has 0 unspecified atom stereocenters. The molecule has 1 aromatic heterocycles. The monoisotopic (exact) mass is 211 g/mol. The summed E-state index contributed by atoms with van der Waals surface area (Å²) < 4.78 is 4.93. The van der Waals surface area contributed by atoms with Crippen molar-refractivity contribution in [3.05, 3.63) is 28.5 Å². The molecule has 0 aliphatic heterocycles. The van der Waals surface area contributed by atoms with Crippen LogP contribution >= 0.6 is 11.3 Å². The molecule has 0 aromatic carbocycles. The van der Waals surface area contributed by atoms with Crippen molar-refractivity contribution in [2.75, 3.05) is 26.8 Å². The highest BCUT2D eigenvalue weighted by atomic mass is 32.1. The number of thiophene rings is 1. The van der Waals surface area contributed by atoms with Gasteiger partial charge < -0.3 is 10.1 Å². The van der Waals surface area contributed by atoms with Crippen molar-refractivity contribution in [2.24, 2.45) is 0 Å². The van der Waals surface area contributed by atoms with Gasteiger partial charge in [0.25, 0.3) is 0 Å². The molecule has 0 aliphatic carbocycles. The molecule has 3 heteroatoms. The van der Waals surface area contributed by atoms with E-state index >= 15 is 0 Å². The Morgan fingerprint density at radius 1 is 1.50 bits per heavy atom. The van der Waals surface area contributed by atoms with Crippen LogP contribution < -0.4 is 5.32 Å². The van der Waals surface area contributed by atoms with E-state index in [1.165, 1.54) is 4.88 Å². The maximum Gasteiger partial charge on any atom is 0.0587 e. The predicted molar refractivity (Wildman–Crippen MR) is 62.7 cm³/mol. The van der Waals surface area contributed by atoms with E-state index in [2.05, 4.69) is 35.0 Å². The van der Waals surface area contributed by atoms with E-state index in [-0.39, 0.29) is 0 Å². The zero-order valence-electron chi connectivity index (χ0n) is 8.53. The topological polar surface area (TPSA) is 21.3 Å². The fourth-order valence-corrected chi connectivity index (χ4v) is 1.72. The fourth-order valence-electron chi connectivity index (χ4n) is 1.07. The maximum absolute atomic E-state index is 4.93. The van der Waals surface area contributed by atoms with Gasteiger partial charge in [0.15, 0.2) is 0 Å². The van der Waals surface area contributed by atoms with Gasteiger partial charge in [0.2, 0.25) is 0 Å². The minimum Gasteiger partial charge on any atom is -0.383 e. The standard InChI is InChI=1S/C11H17NOS/c1-13-9-8-12-7-3-2-5-11-6-4-10-14-11/h2,4-6,10,12H,3,7-9H2,1H3. The number of nitrogens with one attached hydrogen (secondary N) is 1. The van der Waals surface area contributed by atoms with E-state index in [9.17, 15) is 0 Å². The molecular weight excluding hydrogens is 194 g/mol. The zero-order chi connectivity index (χ0) is 10.1. The normalized spacial score (nSPS) is 11.2. The third kappa shape index (κ3) is 5.17. The Bertz CT molecular complexity index is 244. The summed E-state index contributed by atoms with van der Waals surface area (Å²) in [6.45, 7) is 2.74. The Hall–Kier alpha value is -0.640. The smallest absolute Gasteiger partial charge is 0.0587 e. The third-order valence-corrected chi connectivity index (χ3v) is 2.63. The van der Waals surface area contributed by atoms with Crippen LogP contribution in [-0.4, -0.2) is 26.8 Å². The minimum atomic E-state index is 0.786. The molecular formula is C11H17NOS. The van der Waals surface area contributed by atoms with Crippen LogP contribution in [0.5, 0.6) is 0 Å². The molecule has 78 valence electrons. The first-order valence-electron chi connectivity index (χ1n) is 4.83. The van der Waals surface area contributed by atoms with Gasteiger partial charge in [-0.05, 0) is 30.5 Å². The summed E-state index contributed by atoms with van der Waals surface area (Å²) >= 11 is 1.77. The second kappa shape index (κ2) is 7.74. The third-order valence-electron chi connectivity index (χ3n) is 1.80. The Morgan fingerprint density at radius 3 is 3.14 bits per heavy atom. The lowest BCUT2D eigenvalue weighted by atomic mass is 10.3. The van der Waals surface area contributed by atoms with Crippen molar-refractivity contribution in [3.8, 4) is 0 Å². The molecule has 0 saturated carbocycles. The van der Waals surface area contributed by atoms with Gasteiger partial charge in [-0.1, -0.05) is 12.1 Å². The molecule has 0 saturated heterocycles. The zero-order valence-corrected chi connectivity index (χ0v) is 9.35. The van der Waals surface area contributed by atoms with E-state index in [1.54, 1.807) is 18.4 Å². The van der Waals surface area contributed by atoms with E-state index in [0.717, 1.165) is 26.1 Å². The van der Waals surface area contributed by atoms with Crippen molar-refractivity contribution in [3.63, 3.8) is 0 Å². The first kappa shape index (κ1) is 11.4. The summed E-state index contributed by atoms with van der Waals surface area (Å²) in [5.41, 5.74) is 0. The molecule has 1 aromatic rings. The highest BCUT2D eigenvalue weighted by Crippen LogP contribution is 2.10. The molecule has 0 radical (unpaired) electrons. The van der Waals surface area contributed by atoms with Crippen LogP contribution in [-0.2, 0) is 4.74 Å². The van der Waals surface area contributed by atoms with Gasteiger partial charge in [-0.25, -0.2) is 0 Å². The van der Waals surface area contributed by atoms with Crippen LogP contribution in [0.15, 0.2) is 23.6 Å². The molecule has 0 amide bonds. The average Bonchev–Trinajstić information content (AvgIpc) is 2.69. The molecule has 2 nitrogen and oxygen atoms in total. The first-order chi connectivity index (χ1) is 6.93. The Balaban J connectivity index is 1.98. The summed E-state index contributed by atoms with van der Waals surface area (Å²) in [6.07, 6.45) is 5.44. The molecule has 1 heterocycles. The van der Waals surface area contributed by atoms with Crippen molar-refractivity contribution in [2.45, 2.75) is 6.42 Å². The van der Waals surface area contributed by atoms with Crippen LogP contribution in [0, 0.1) is 0 Å². The van der Waals surface area contributed by atoms with Gasteiger partial charge in [-0.2, -0.15) is 0 Å². The number of methoxy groups -OCH3 is 1. The highest BCUT2D eigenvalue weighted by Gasteiger charge is 1.86. The van der Waals surface area contributed by atoms with Crippen molar-refractivity contribution >= 4 is 17.4 Å². The molecule has 0 atom stereocenters. The lowest BCUT2D eigenvalue weighted by molar-refractivity contribution is 0.199. The van der Waals surface area contributed by atoms with Gasteiger partial charge in [0.1, 0.15) is 0 Å². The number of hydrogen-bond acceptors (Lipinski definition) is 3. The largest absolute Gasteiger partial charge is 0.383 e. The summed E-state index contributed by atoms with van der Waals surface area (Å²) in [7, 11) is 1.72. The van der Waals surface area contributed by atoms with Crippen LogP contribution in [0.4, 0.5) is 0 Å². The van der Waals surface area contributed by atoms with Crippen molar-refractivity contribution in [1.82, 2.24) is 5.32 Å². The van der Waals surface area contributed by atoms with Gasteiger partial charge in [-0.15, -0.1) is 11.3 Å². The molecule has 1 N–H and O–H groups in total. The number of ether oxygens (including phenoxy) is 1. The molecule has 14 heavy (non-hydrogen) atoms. The molecule has 0 fully saturated rings. The summed E-state index contributed by atoms with van der Waals surface area (Å²) in [4.78, 5) is 1.32. The van der Waals surface area contributed by atoms with Gasteiger partial charge in [-0.3, -0.25) is 0 Å². The molecule has 0 bridgehead atoms. The number of rotatable bonds is 7. The van der Waals surface area contributed by atoms with Crippen molar-refractivity contribution < 1.29 is 4.74 Å². The molecule has 0 aliphatic rings. The first-order valence-corrected chi connectivity index (χ1v) is 5.71. The quantitative estimate of drug-likeness (QED) is 0.699. The Labute approximate surface area is 89.6 Å². The van der Waals surface area contributed by atoms with Gasteiger partial charge in [0, 0.05) is 18.5 Å². The second-order valence-corrected chi connectivity index (χ2v) is 3.93. The minimum absolute atomic E-state index is 0.786. The van der Waals surface area contributed by atoms with Crippen LogP contribution in [0.3, 0.4) is 0 Å². The van der Waals surface area contributed by atoms with Gasteiger partial charge >= 0.3 is 0 Å². The average molecular weight is 211 g/mol. The van der Waals surface area contributed by atoms with E-state index < -0.39 is 0 Å². The summed E-state index contributed by atoms with van der Waals surface area (Å²) in [6, 6.07) is 4.20. The summed E-state index contributed by atoms with van der Waals surface area (Å²) in [5.74, 6) is 0. The fraction of sp³-hybridized carbons (Fsp3) is 0.455. The molecule has 0 spiro atoms. The molecule has 1 rings (SSSR count). The van der Waals surface area contributed by atoms with Crippen LogP contribution in [0.2, 0.25) is 0 Å². The highest BCUT2D eigenvalue weighted by molar-refractivity contribution is 7.10. The van der Waals surface area contributed by atoms with Crippen LogP contribution in [0.25, 0.3) is 6.08 Å². The van der Waals surface area contributed by atoms with Gasteiger partial charge in [0.05, 0.1) is 6.61 Å².